The van der Waals surface area contributed by atoms with Crippen LogP contribution in [0.15, 0.2) is 17.5 Å². The zero-order chi connectivity index (χ0) is 11.4. The molecule has 0 radical (unpaired) electrons. The van der Waals surface area contributed by atoms with Crippen molar-refractivity contribution < 1.29 is 5.11 Å². The van der Waals surface area contributed by atoms with Crippen molar-refractivity contribution in [2.45, 2.75) is 57.2 Å². The Morgan fingerprint density at radius 3 is 3.00 bits per heavy atom. The minimum atomic E-state index is -0.139. The summed E-state index contributed by atoms with van der Waals surface area (Å²) in [6.07, 6.45) is 5.44. The van der Waals surface area contributed by atoms with Gasteiger partial charge >= 0.3 is 0 Å². The smallest absolute Gasteiger partial charge is 0.0693 e. The average Bonchev–Trinajstić information content (AvgIpc) is 2.74. The Hall–Kier alpha value is -0.380. The summed E-state index contributed by atoms with van der Waals surface area (Å²) in [5, 5.41) is 15.6. The lowest BCUT2D eigenvalue weighted by Gasteiger charge is -2.31. The van der Waals surface area contributed by atoms with Gasteiger partial charge in [-0.05, 0) is 37.6 Å². The first-order valence-corrected chi connectivity index (χ1v) is 7.10. The van der Waals surface area contributed by atoms with Crippen molar-refractivity contribution in [2.24, 2.45) is 0 Å². The maximum atomic E-state index is 9.88. The second-order valence-corrected chi connectivity index (χ2v) is 5.84. The standard InChI is InChI=1S/C13H21NOS/c1-10(9-11-5-4-8-16-11)14-12-6-2-3-7-13(12)15/h4-5,8,10,12-15H,2-3,6-7,9H2,1H3. The number of hydrogen-bond acceptors (Lipinski definition) is 3. The third kappa shape index (κ3) is 3.30. The van der Waals surface area contributed by atoms with E-state index in [4.69, 9.17) is 0 Å². The predicted molar refractivity (Wildman–Crippen MR) is 68.9 cm³/mol. The van der Waals surface area contributed by atoms with Crippen molar-refractivity contribution >= 4 is 11.3 Å². The molecule has 16 heavy (non-hydrogen) atoms. The molecule has 1 aliphatic rings. The third-order valence-corrected chi connectivity index (χ3v) is 4.21. The van der Waals surface area contributed by atoms with Gasteiger partial charge in [-0.15, -0.1) is 11.3 Å². The van der Waals surface area contributed by atoms with Crippen LogP contribution in [0.3, 0.4) is 0 Å². The van der Waals surface area contributed by atoms with Crippen LogP contribution in [0.25, 0.3) is 0 Å². The van der Waals surface area contributed by atoms with Gasteiger partial charge in [-0.2, -0.15) is 0 Å². The highest BCUT2D eigenvalue weighted by atomic mass is 32.1. The average molecular weight is 239 g/mol. The Labute approximate surface area is 102 Å². The number of nitrogens with one attached hydrogen (secondary N) is 1. The first-order valence-electron chi connectivity index (χ1n) is 6.22. The van der Waals surface area contributed by atoms with Crippen LogP contribution in [0.2, 0.25) is 0 Å². The Morgan fingerprint density at radius 1 is 1.50 bits per heavy atom. The molecule has 0 amide bonds. The number of thiophene rings is 1. The van der Waals surface area contributed by atoms with Gasteiger partial charge in [0, 0.05) is 17.0 Å². The monoisotopic (exact) mass is 239 g/mol. The number of aliphatic hydroxyl groups is 1. The summed E-state index contributed by atoms with van der Waals surface area (Å²) in [6.45, 7) is 2.21. The molecule has 90 valence electrons. The van der Waals surface area contributed by atoms with Gasteiger partial charge in [0.25, 0.3) is 0 Å². The molecule has 2 N–H and O–H groups in total. The summed E-state index contributed by atoms with van der Waals surface area (Å²) in [4.78, 5) is 1.42. The zero-order valence-electron chi connectivity index (χ0n) is 9.86. The Morgan fingerprint density at radius 2 is 2.31 bits per heavy atom. The van der Waals surface area contributed by atoms with Crippen molar-refractivity contribution in [2.75, 3.05) is 0 Å². The van der Waals surface area contributed by atoms with Gasteiger partial charge in [0.2, 0.25) is 0 Å². The molecule has 1 saturated carbocycles. The van der Waals surface area contributed by atoms with Crippen LogP contribution >= 0.6 is 11.3 Å². The summed E-state index contributed by atoms with van der Waals surface area (Å²) in [7, 11) is 0. The number of aliphatic hydroxyl groups excluding tert-OH is 1. The Balaban J connectivity index is 1.79. The normalized spacial score (nSPS) is 27.9. The molecule has 2 rings (SSSR count). The highest BCUT2D eigenvalue weighted by Gasteiger charge is 2.23. The molecule has 3 atom stereocenters. The predicted octanol–water partition coefficient (Wildman–Crippen LogP) is 2.57. The van der Waals surface area contributed by atoms with E-state index in [1.165, 1.54) is 17.7 Å². The van der Waals surface area contributed by atoms with Gasteiger partial charge < -0.3 is 10.4 Å². The zero-order valence-corrected chi connectivity index (χ0v) is 10.7. The van der Waals surface area contributed by atoms with Crippen molar-refractivity contribution in [3.8, 4) is 0 Å². The first-order chi connectivity index (χ1) is 7.75. The molecule has 3 heteroatoms. The van der Waals surface area contributed by atoms with Crippen LogP contribution in [0, 0.1) is 0 Å². The fourth-order valence-electron chi connectivity index (χ4n) is 2.46. The molecular formula is C13H21NOS. The number of hydrogen-bond donors (Lipinski definition) is 2. The van der Waals surface area contributed by atoms with Crippen LogP contribution < -0.4 is 5.32 Å². The summed E-state index contributed by atoms with van der Waals surface area (Å²) in [5.74, 6) is 0. The van der Waals surface area contributed by atoms with Gasteiger partial charge in [0.05, 0.1) is 6.10 Å². The second kappa shape index (κ2) is 5.80. The van der Waals surface area contributed by atoms with E-state index < -0.39 is 0 Å². The van der Waals surface area contributed by atoms with E-state index in [9.17, 15) is 5.11 Å². The SMILES string of the molecule is CC(Cc1cccs1)NC1CCCCC1O. The number of rotatable bonds is 4. The van der Waals surface area contributed by atoms with Gasteiger partial charge in [-0.1, -0.05) is 18.9 Å². The van der Waals surface area contributed by atoms with Crippen molar-refractivity contribution in [1.29, 1.82) is 0 Å². The molecule has 2 nitrogen and oxygen atoms in total. The largest absolute Gasteiger partial charge is 0.392 e. The molecule has 0 spiro atoms. The molecule has 1 fully saturated rings. The van der Waals surface area contributed by atoms with Gasteiger partial charge in [0.15, 0.2) is 0 Å². The van der Waals surface area contributed by atoms with Crippen molar-refractivity contribution in [1.82, 2.24) is 5.32 Å². The lowest BCUT2D eigenvalue weighted by atomic mass is 9.92. The molecule has 1 aliphatic carbocycles. The first kappa shape index (κ1) is 12.1. The van der Waals surface area contributed by atoms with Crippen LogP contribution in [0.1, 0.15) is 37.5 Å². The van der Waals surface area contributed by atoms with Crippen LogP contribution in [0.5, 0.6) is 0 Å². The fraction of sp³-hybridized carbons (Fsp3) is 0.692. The van der Waals surface area contributed by atoms with Crippen LogP contribution in [-0.2, 0) is 6.42 Å². The highest BCUT2D eigenvalue weighted by Crippen LogP contribution is 2.19. The van der Waals surface area contributed by atoms with E-state index >= 15 is 0 Å². The molecule has 0 saturated heterocycles. The minimum absolute atomic E-state index is 0.139. The van der Waals surface area contributed by atoms with E-state index in [2.05, 4.69) is 29.8 Å². The Kier molecular flexibility index (Phi) is 4.38. The summed E-state index contributed by atoms with van der Waals surface area (Å²) in [5.41, 5.74) is 0. The molecule has 1 heterocycles. The molecule has 0 bridgehead atoms. The molecule has 0 aromatic carbocycles. The fourth-order valence-corrected chi connectivity index (χ4v) is 3.30. The van der Waals surface area contributed by atoms with Gasteiger partial charge in [-0.3, -0.25) is 0 Å². The minimum Gasteiger partial charge on any atom is -0.392 e. The van der Waals surface area contributed by atoms with Crippen molar-refractivity contribution in [3.05, 3.63) is 22.4 Å². The maximum absolute atomic E-state index is 9.88. The third-order valence-electron chi connectivity index (χ3n) is 3.32. The molecular weight excluding hydrogens is 218 g/mol. The van der Waals surface area contributed by atoms with Crippen LogP contribution in [0.4, 0.5) is 0 Å². The lowest BCUT2D eigenvalue weighted by Crippen LogP contribution is -2.46. The second-order valence-electron chi connectivity index (χ2n) is 4.81. The highest BCUT2D eigenvalue weighted by molar-refractivity contribution is 7.09. The van der Waals surface area contributed by atoms with E-state index in [0.29, 0.717) is 12.1 Å². The van der Waals surface area contributed by atoms with Gasteiger partial charge in [-0.25, -0.2) is 0 Å². The van der Waals surface area contributed by atoms with E-state index in [0.717, 1.165) is 19.3 Å². The Bertz CT molecular complexity index is 299. The van der Waals surface area contributed by atoms with E-state index in [1.54, 1.807) is 0 Å². The van der Waals surface area contributed by atoms with Crippen LogP contribution in [-0.4, -0.2) is 23.3 Å². The topological polar surface area (TPSA) is 32.3 Å². The van der Waals surface area contributed by atoms with E-state index in [1.807, 2.05) is 11.3 Å². The summed E-state index contributed by atoms with van der Waals surface area (Å²) < 4.78 is 0. The van der Waals surface area contributed by atoms with E-state index in [-0.39, 0.29) is 6.10 Å². The maximum Gasteiger partial charge on any atom is 0.0693 e. The van der Waals surface area contributed by atoms with Crippen molar-refractivity contribution in [3.63, 3.8) is 0 Å². The molecule has 0 aliphatic heterocycles. The lowest BCUT2D eigenvalue weighted by molar-refractivity contribution is 0.0860. The summed E-state index contributed by atoms with van der Waals surface area (Å²) in [6, 6.07) is 5.04. The quantitative estimate of drug-likeness (QED) is 0.846. The summed E-state index contributed by atoms with van der Waals surface area (Å²) >= 11 is 1.81. The molecule has 1 aromatic heterocycles. The van der Waals surface area contributed by atoms with Gasteiger partial charge in [0.1, 0.15) is 0 Å². The molecule has 3 unspecified atom stereocenters. The molecule has 1 aromatic rings.